The quantitative estimate of drug-likeness (QED) is 0.869. The fourth-order valence-corrected chi connectivity index (χ4v) is 3.63. The fraction of sp³-hybridized carbons (Fsp3) is 0.647. The summed E-state index contributed by atoms with van der Waals surface area (Å²) in [6.07, 6.45) is 7.21. The largest absolute Gasteiger partial charge is 0.381 e. The van der Waals surface area contributed by atoms with Gasteiger partial charge in [-0.3, -0.25) is 9.48 Å². The van der Waals surface area contributed by atoms with Gasteiger partial charge >= 0.3 is 0 Å². The van der Waals surface area contributed by atoms with Crippen molar-refractivity contribution < 1.29 is 9.53 Å². The molecule has 0 spiro atoms. The normalized spacial score (nSPS) is 24.0. The lowest BCUT2D eigenvalue weighted by molar-refractivity contribution is -0.129. The lowest BCUT2D eigenvalue weighted by atomic mass is 9.79. The molecule has 8 nitrogen and oxygen atoms in total. The maximum atomic E-state index is 12.3. The highest BCUT2D eigenvalue weighted by molar-refractivity contribution is 5.79. The molecule has 3 heterocycles. The van der Waals surface area contributed by atoms with Crippen molar-refractivity contribution in [1.82, 2.24) is 29.9 Å². The van der Waals surface area contributed by atoms with Crippen LogP contribution in [0.15, 0.2) is 18.5 Å². The molecule has 0 radical (unpaired) electrons. The molecule has 134 valence electrons. The molecule has 2 fully saturated rings. The first-order valence-corrected chi connectivity index (χ1v) is 8.94. The van der Waals surface area contributed by atoms with Crippen molar-refractivity contribution in [3.63, 3.8) is 0 Å². The van der Waals surface area contributed by atoms with Crippen molar-refractivity contribution >= 4 is 5.91 Å². The summed E-state index contributed by atoms with van der Waals surface area (Å²) < 4.78 is 9.22. The molecule has 1 saturated carbocycles. The summed E-state index contributed by atoms with van der Waals surface area (Å²) in [6.45, 7) is 2.01. The van der Waals surface area contributed by atoms with Crippen LogP contribution in [0.2, 0.25) is 0 Å². The van der Waals surface area contributed by atoms with Gasteiger partial charge in [-0.1, -0.05) is 0 Å². The summed E-state index contributed by atoms with van der Waals surface area (Å²) in [5.74, 6) is 2.56. The second kappa shape index (κ2) is 6.95. The Labute approximate surface area is 146 Å². The smallest absolute Gasteiger partial charge is 0.223 e. The average molecular weight is 344 g/mol. The lowest BCUT2D eigenvalue weighted by Crippen LogP contribution is -2.47. The third-order valence-electron chi connectivity index (χ3n) is 5.30. The average Bonchev–Trinajstić information content (AvgIpc) is 3.23. The van der Waals surface area contributed by atoms with Gasteiger partial charge < -0.3 is 14.6 Å². The Bertz CT molecular complexity index is 714. The lowest BCUT2D eigenvalue weighted by Gasteiger charge is -2.36. The van der Waals surface area contributed by atoms with Gasteiger partial charge in [-0.05, 0) is 31.7 Å². The number of aromatic nitrogens is 5. The minimum atomic E-state index is 0.114. The first-order chi connectivity index (χ1) is 12.2. The van der Waals surface area contributed by atoms with E-state index in [4.69, 9.17) is 4.74 Å². The highest BCUT2D eigenvalue weighted by Gasteiger charge is 2.36. The van der Waals surface area contributed by atoms with Crippen LogP contribution in [0, 0.1) is 5.92 Å². The van der Waals surface area contributed by atoms with Gasteiger partial charge in [-0.2, -0.15) is 5.10 Å². The molecule has 2 aromatic heterocycles. The van der Waals surface area contributed by atoms with E-state index in [0.717, 1.165) is 37.3 Å². The molecular weight excluding hydrogens is 320 g/mol. The van der Waals surface area contributed by atoms with Crippen molar-refractivity contribution in [3.05, 3.63) is 30.1 Å². The van der Waals surface area contributed by atoms with Crippen molar-refractivity contribution in [3.8, 4) is 0 Å². The number of amides is 1. The van der Waals surface area contributed by atoms with Crippen LogP contribution in [-0.2, 0) is 23.1 Å². The van der Waals surface area contributed by atoms with Crippen LogP contribution in [0.4, 0.5) is 0 Å². The summed E-state index contributed by atoms with van der Waals surface area (Å²) in [4.78, 5) is 12.3. The van der Waals surface area contributed by atoms with Crippen molar-refractivity contribution in [2.45, 2.75) is 44.2 Å². The summed E-state index contributed by atoms with van der Waals surface area (Å²) in [6, 6.07) is 2.15. The van der Waals surface area contributed by atoms with Crippen LogP contribution in [0.1, 0.15) is 43.3 Å². The van der Waals surface area contributed by atoms with Gasteiger partial charge in [-0.15, -0.1) is 10.2 Å². The third-order valence-corrected chi connectivity index (χ3v) is 5.30. The number of rotatable bonds is 5. The van der Waals surface area contributed by atoms with Gasteiger partial charge in [0.25, 0.3) is 0 Å². The molecule has 0 atom stereocenters. The molecule has 1 amide bonds. The van der Waals surface area contributed by atoms with E-state index >= 15 is 0 Å². The molecule has 0 aromatic carbocycles. The molecule has 2 aliphatic rings. The minimum absolute atomic E-state index is 0.114. The Morgan fingerprint density at radius 1 is 1.32 bits per heavy atom. The molecule has 2 aromatic rings. The van der Waals surface area contributed by atoms with Gasteiger partial charge in [0.15, 0.2) is 5.82 Å². The van der Waals surface area contributed by atoms with Crippen molar-refractivity contribution in [2.75, 3.05) is 13.2 Å². The number of carbonyl (C=O) groups is 1. The number of carbonyl (C=O) groups excluding carboxylic acids is 1. The van der Waals surface area contributed by atoms with Crippen LogP contribution >= 0.6 is 0 Å². The van der Waals surface area contributed by atoms with E-state index in [1.165, 1.54) is 0 Å². The standard InChI is InChI=1S/C17H24N6O2/c1-22-15(11-23-6-2-5-18-23)20-21-16(22)13-9-14(10-13)19-17(24)12-3-7-25-8-4-12/h2,5-6,12-14H,3-4,7-11H2,1H3,(H,19,24). The predicted molar refractivity (Wildman–Crippen MR) is 89.8 cm³/mol. The van der Waals surface area contributed by atoms with E-state index < -0.39 is 0 Å². The second-order valence-electron chi connectivity index (χ2n) is 7.00. The third kappa shape index (κ3) is 3.44. The van der Waals surface area contributed by atoms with Crippen LogP contribution in [0.5, 0.6) is 0 Å². The first-order valence-electron chi connectivity index (χ1n) is 8.94. The highest BCUT2D eigenvalue weighted by Crippen LogP contribution is 2.36. The Morgan fingerprint density at radius 2 is 2.12 bits per heavy atom. The zero-order chi connectivity index (χ0) is 17.2. The fourth-order valence-electron chi connectivity index (χ4n) is 3.63. The number of nitrogens with one attached hydrogen (secondary N) is 1. The molecule has 1 aliphatic carbocycles. The van der Waals surface area contributed by atoms with Crippen LogP contribution in [0.3, 0.4) is 0 Å². The van der Waals surface area contributed by atoms with E-state index in [1.807, 2.05) is 24.0 Å². The van der Waals surface area contributed by atoms with Gasteiger partial charge in [0.05, 0.1) is 0 Å². The minimum Gasteiger partial charge on any atom is -0.381 e. The monoisotopic (exact) mass is 344 g/mol. The highest BCUT2D eigenvalue weighted by atomic mass is 16.5. The SMILES string of the molecule is Cn1c(Cn2cccn2)nnc1C1CC(NC(=O)C2CCOCC2)C1. The van der Waals surface area contributed by atoms with E-state index in [-0.39, 0.29) is 17.9 Å². The number of ether oxygens (including phenoxy) is 1. The maximum Gasteiger partial charge on any atom is 0.223 e. The Balaban J connectivity index is 1.30. The molecule has 0 unspecified atom stereocenters. The first kappa shape index (κ1) is 16.3. The molecule has 1 N–H and O–H groups in total. The summed E-state index contributed by atoms with van der Waals surface area (Å²) in [5, 5.41) is 16.1. The molecule has 1 aliphatic heterocycles. The molecule has 0 bridgehead atoms. The molecule has 4 rings (SSSR count). The Morgan fingerprint density at radius 3 is 2.84 bits per heavy atom. The number of hydrogen-bond acceptors (Lipinski definition) is 5. The van der Waals surface area contributed by atoms with E-state index in [2.05, 4.69) is 25.2 Å². The summed E-state index contributed by atoms with van der Waals surface area (Å²) >= 11 is 0. The van der Waals surface area contributed by atoms with Crippen LogP contribution in [-0.4, -0.2) is 49.7 Å². The summed E-state index contributed by atoms with van der Waals surface area (Å²) in [5.41, 5.74) is 0. The van der Waals surface area contributed by atoms with Gasteiger partial charge in [-0.25, -0.2) is 0 Å². The van der Waals surface area contributed by atoms with Crippen LogP contribution in [0.25, 0.3) is 0 Å². The van der Waals surface area contributed by atoms with E-state index in [1.54, 1.807) is 6.20 Å². The number of nitrogens with zero attached hydrogens (tertiary/aromatic N) is 5. The maximum absolute atomic E-state index is 12.3. The Kier molecular flexibility index (Phi) is 4.52. The van der Waals surface area contributed by atoms with E-state index in [9.17, 15) is 4.79 Å². The van der Waals surface area contributed by atoms with E-state index in [0.29, 0.717) is 25.7 Å². The topological polar surface area (TPSA) is 86.9 Å². The number of hydrogen-bond donors (Lipinski definition) is 1. The molecule has 1 saturated heterocycles. The molecular formula is C17H24N6O2. The van der Waals surface area contributed by atoms with Crippen molar-refractivity contribution in [2.24, 2.45) is 13.0 Å². The Hall–Kier alpha value is -2.22. The second-order valence-corrected chi connectivity index (χ2v) is 7.00. The van der Waals surface area contributed by atoms with Gasteiger partial charge in [0, 0.05) is 50.5 Å². The zero-order valence-electron chi connectivity index (χ0n) is 14.5. The van der Waals surface area contributed by atoms with Gasteiger partial charge in [0.1, 0.15) is 12.4 Å². The van der Waals surface area contributed by atoms with Gasteiger partial charge in [0.2, 0.25) is 5.91 Å². The molecule has 25 heavy (non-hydrogen) atoms. The summed E-state index contributed by atoms with van der Waals surface area (Å²) in [7, 11) is 2.00. The zero-order valence-corrected chi connectivity index (χ0v) is 14.5. The van der Waals surface area contributed by atoms with Crippen LogP contribution < -0.4 is 5.32 Å². The molecule has 8 heteroatoms. The van der Waals surface area contributed by atoms with Crippen molar-refractivity contribution in [1.29, 1.82) is 0 Å². The predicted octanol–water partition coefficient (Wildman–Crippen LogP) is 0.849.